The van der Waals surface area contributed by atoms with Crippen molar-refractivity contribution in [3.8, 4) is 17.1 Å². The molecule has 4 aromatic rings. The van der Waals surface area contributed by atoms with E-state index in [1.54, 1.807) is 10.7 Å². The molecule has 5 nitrogen and oxygen atoms in total. The van der Waals surface area contributed by atoms with Gasteiger partial charge in [-0.15, -0.1) is 5.10 Å². The lowest BCUT2D eigenvalue weighted by molar-refractivity contribution is 0.101. The van der Waals surface area contributed by atoms with Crippen molar-refractivity contribution in [3.05, 3.63) is 94.5 Å². The molecule has 1 N–H and O–H groups in total. The Labute approximate surface area is 175 Å². The van der Waals surface area contributed by atoms with Crippen molar-refractivity contribution in [2.75, 3.05) is 5.32 Å². The minimum Gasteiger partial charge on any atom is -0.319 e. The smallest absolute Gasteiger partial charge is 0.295 e. The maximum absolute atomic E-state index is 13.4. The number of hydrogen-bond donors (Lipinski definition) is 1. The van der Waals surface area contributed by atoms with E-state index in [-0.39, 0.29) is 5.82 Å². The van der Waals surface area contributed by atoms with Crippen LogP contribution in [0.2, 0.25) is 0 Å². The Kier molecular flexibility index (Phi) is 5.22. The Hall–Kier alpha value is -3.32. The van der Waals surface area contributed by atoms with Gasteiger partial charge in [-0.2, -0.15) is 0 Å². The van der Waals surface area contributed by atoms with Gasteiger partial charge in [-0.05, 0) is 55.0 Å². The number of carbonyl (C=O) groups excluding carboxylic acids is 1. The molecule has 29 heavy (non-hydrogen) atoms. The highest BCUT2D eigenvalue weighted by molar-refractivity contribution is 9.10. The quantitative estimate of drug-likeness (QED) is 0.452. The number of anilines is 1. The number of halogens is 2. The first-order chi connectivity index (χ1) is 14.0. The second-order valence-corrected chi connectivity index (χ2v) is 7.40. The van der Waals surface area contributed by atoms with E-state index in [4.69, 9.17) is 0 Å². The minimum absolute atomic E-state index is 0.00585. The first kappa shape index (κ1) is 19.0. The molecule has 0 spiro atoms. The maximum atomic E-state index is 13.4. The maximum Gasteiger partial charge on any atom is 0.295 e. The van der Waals surface area contributed by atoms with Gasteiger partial charge in [-0.25, -0.2) is 14.1 Å². The predicted molar refractivity (Wildman–Crippen MR) is 114 cm³/mol. The number of hydrogen-bond acceptors (Lipinski definition) is 3. The zero-order chi connectivity index (χ0) is 20.4. The summed E-state index contributed by atoms with van der Waals surface area (Å²) >= 11 is 3.42. The van der Waals surface area contributed by atoms with E-state index < -0.39 is 11.7 Å². The van der Waals surface area contributed by atoms with E-state index >= 15 is 0 Å². The second-order valence-electron chi connectivity index (χ2n) is 6.48. The molecule has 7 heteroatoms. The highest BCUT2D eigenvalue weighted by Crippen LogP contribution is 2.24. The fourth-order valence-electron chi connectivity index (χ4n) is 2.89. The van der Waals surface area contributed by atoms with Crippen LogP contribution < -0.4 is 5.32 Å². The highest BCUT2D eigenvalue weighted by atomic mass is 79.9. The van der Waals surface area contributed by atoms with Gasteiger partial charge in [-0.3, -0.25) is 4.79 Å². The first-order valence-electron chi connectivity index (χ1n) is 8.86. The fraction of sp³-hybridized carbons (Fsp3) is 0.0455. The number of aromatic nitrogens is 3. The summed E-state index contributed by atoms with van der Waals surface area (Å²) in [6.45, 7) is 1.98. The summed E-state index contributed by atoms with van der Waals surface area (Å²) < 4.78 is 16.0. The van der Waals surface area contributed by atoms with Crippen LogP contribution in [0.4, 0.5) is 10.1 Å². The third-order valence-electron chi connectivity index (χ3n) is 4.24. The molecular weight excluding hydrogens is 435 g/mol. The van der Waals surface area contributed by atoms with Crippen LogP contribution in [0.25, 0.3) is 17.1 Å². The lowest BCUT2D eigenvalue weighted by Gasteiger charge is -2.07. The average Bonchev–Trinajstić information content (AvgIpc) is 3.14. The van der Waals surface area contributed by atoms with Crippen molar-refractivity contribution < 1.29 is 9.18 Å². The van der Waals surface area contributed by atoms with Crippen LogP contribution in [0.5, 0.6) is 0 Å². The van der Waals surface area contributed by atoms with E-state index in [9.17, 15) is 9.18 Å². The van der Waals surface area contributed by atoms with Gasteiger partial charge >= 0.3 is 0 Å². The number of benzene rings is 3. The molecule has 0 fully saturated rings. The van der Waals surface area contributed by atoms with Crippen molar-refractivity contribution in [3.63, 3.8) is 0 Å². The molecule has 0 saturated carbocycles. The average molecular weight is 451 g/mol. The Morgan fingerprint density at radius 3 is 2.52 bits per heavy atom. The number of nitrogens with one attached hydrogen (secondary N) is 1. The van der Waals surface area contributed by atoms with E-state index in [2.05, 4.69) is 31.3 Å². The van der Waals surface area contributed by atoms with Crippen molar-refractivity contribution in [1.29, 1.82) is 0 Å². The van der Waals surface area contributed by atoms with Crippen LogP contribution in [0.1, 0.15) is 16.2 Å². The Morgan fingerprint density at radius 1 is 1.03 bits per heavy atom. The molecule has 0 saturated heterocycles. The van der Waals surface area contributed by atoms with E-state index in [1.165, 1.54) is 18.2 Å². The molecule has 0 aliphatic carbocycles. The zero-order valence-electron chi connectivity index (χ0n) is 15.4. The van der Waals surface area contributed by atoms with Gasteiger partial charge in [0.05, 0.1) is 5.69 Å². The number of nitrogens with zero attached hydrogens (tertiary/aromatic N) is 3. The monoisotopic (exact) mass is 450 g/mol. The lowest BCUT2D eigenvalue weighted by Crippen LogP contribution is -2.14. The molecule has 0 bridgehead atoms. The van der Waals surface area contributed by atoms with Crippen molar-refractivity contribution in [2.45, 2.75) is 6.92 Å². The molecule has 0 aliphatic heterocycles. The summed E-state index contributed by atoms with van der Waals surface area (Å²) in [5.41, 5.74) is 3.00. The van der Waals surface area contributed by atoms with Gasteiger partial charge in [0.15, 0.2) is 5.82 Å². The molecule has 0 atom stereocenters. The molecule has 0 unspecified atom stereocenters. The summed E-state index contributed by atoms with van der Waals surface area (Å²) in [7, 11) is 0. The molecule has 144 valence electrons. The molecular formula is C22H16BrFN4O. The van der Waals surface area contributed by atoms with E-state index in [1.807, 2.05) is 55.5 Å². The fourth-order valence-corrected chi connectivity index (χ4v) is 3.15. The van der Waals surface area contributed by atoms with E-state index in [0.29, 0.717) is 11.5 Å². The Bertz CT molecular complexity index is 1190. The molecule has 1 amide bonds. The lowest BCUT2D eigenvalue weighted by atomic mass is 10.2. The van der Waals surface area contributed by atoms with Crippen molar-refractivity contribution in [2.24, 2.45) is 0 Å². The number of rotatable bonds is 4. The zero-order valence-corrected chi connectivity index (χ0v) is 17.0. The second kappa shape index (κ2) is 7.97. The van der Waals surface area contributed by atoms with Gasteiger partial charge in [-0.1, -0.05) is 46.3 Å². The summed E-state index contributed by atoms with van der Waals surface area (Å²) in [5.74, 6) is -0.418. The third-order valence-corrected chi connectivity index (χ3v) is 4.77. The highest BCUT2D eigenvalue weighted by Gasteiger charge is 2.19. The topological polar surface area (TPSA) is 59.8 Å². The number of carbonyl (C=O) groups is 1. The normalized spacial score (nSPS) is 10.7. The van der Waals surface area contributed by atoms with Crippen LogP contribution in [0, 0.1) is 12.7 Å². The molecule has 1 heterocycles. The van der Waals surface area contributed by atoms with Gasteiger partial charge in [0, 0.05) is 15.7 Å². The van der Waals surface area contributed by atoms with Crippen LogP contribution in [0.15, 0.2) is 77.3 Å². The largest absolute Gasteiger partial charge is 0.319 e. The Morgan fingerprint density at radius 2 is 1.79 bits per heavy atom. The first-order valence-corrected chi connectivity index (χ1v) is 9.66. The van der Waals surface area contributed by atoms with Crippen molar-refractivity contribution in [1.82, 2.24) is 14.8 Å². The molecule has 0 aliphatic rings. The van der Waals surface area contributed by atoms with Crippen LogP contribution in [-0.4, -0.2) is 20.7 Å². The number of amides is 1. The third kappa shape index (κ3) is 4.25. The summed E-state index contributed by atoms with van der Waals surface area (Å²) in [6.07, 6.45) is 0. The molecule has 1 aromatic heterocycles. The van der Waals surface area contributed by atoms with Gasteiger partial charge in [0.25, 0.3) is 5.91 Å². The standard InChI is InChI=1S/C22H16BrFN4O/c1-14-4-2-7-19(12-14)28-21(15-8-10-16(23)11-9-15)26-20(27-28)22(29)25-18-6-3-5-17(24)13-18/h2-13H,1H3,(H,25,29). The number of aryl methyl sites for hydroxylation is 1. The van der Waals surface area contributed by atoms with Gasteiger partial charge in [0.2, 0.25) is 5.82 Å². The van der Waals surface area contributed by atoms with Gasteiger partial charge < -0.3 is 5.32 Å². The van der Waals surface area contributed by atoms with Crippen LogP contribution in [0.3, 0.4) is 0 Å². The summed E-state index contributed by atoms with van der Waals surface area (Å²) in [5, 5.41) is 7.07. The van der Waals surface area contributed by atoms with Gasteiger partial charge in [0.1, 0.15) is 5.82 Å². The summed E-state index contributed by atoms with van der Waals surface area (Å²) in [6, 6.07) is 21.0. The van der Waals surface area contributed by atoms with Crippen LogP contribution >= 0.6 is 15.9 Å². The van der Waals surface area contributed by atoms with Crippen LogP contribution in [-0.2, 0) is 0 Å². The molecule has 4 rings (SSSR count). The predicted octanol–water partition coefficient (Wildman–Crippen LogP) is 5.40. The Balaban J connectivity index is 1.76. The SMILES string of the molecule is Cc1cccc(-n2nc(C(=O)Nc3cccc(F)c3)nc2-c2ccc(Br)cc2)c1. The van der Waals surface area contributed by atoms with Crippen molar-refractivity contribution >= 4 is 27.5 Å². The van der Waals surface area contributed by atoms with E-state index in [0.717, 1.165) is 21.3 Å². The molecule has 3 aromatic carbocycles. The molecule has 0 radical (unpaired) electrons. The summed E-state index contributed by atoms with van der Waals surface area (Å²) in [4.78, 5) is 17.2. The minimum atomic E-state index is -0.514.